The molecular formula is C25H28N4O7S. The van der Waals surface area contributed by atoms with Crippen LogP contribution < -0.4 is 26.0 Å². The fraction of sp³-hybridized carbons (Fsp3) is 0.240. The van der Waals surface area contributed by atoms with Crippen molar-refractivity contribution in [1.82, 2.24) is 9.55 Å². The molecule has 0 spiro atoms. The van der Waals surface area contributed by atoms with Gasteiger partial charge >= 0.3 is 11.8 Å². The van der Waals surface area contributed by atoms with Gasteiger partial charge < -0.3 is 9.84 Å². The van der Waals surface area contributed by atoms with Crippen LogP contribution in [0.4, 0.5) is 16.2 Å². The maximum absolute atomic E-state index is 12.5. The van der Waals surface area contributed by atoms with Crippen LogP contribution in [0.5, 0.6) is 5.75 Å². The van der Waals surface area contributed by atoms with Crippen LogP contribution >= 0.6 is 0 Å². The molecule has 0 fully saturated rings. The number of aromatic nitrogens is 2. The molecule has 0 atom stereocenters. The van der Waals surface area contributed by atoms with Gasteiger partial charge in [-0.05, 0) is 35.2 Å². The number of ether oxygens (including phenoxy) is 1. The number of amides is 1. The Balaban J connectivity index is 2.20. The molecule has 1 heterocycles. The number of hydrogen-bond acceptors (Lipinski definition) is 6. The van der Waals surface area contributed by atoms with Crippen molar-refractivity contribution in [1.29, 1.82) is 0 Å². The molecule has 1 amide bonds. The van der Waals surface area contributed by atoms with Gasteiger partial charge in [-0.2, -0.15) is 0 Å². The lowest BCUT2D eigenvalue weighted by molar-refractivity contribution is 0.209. The molecule has 196 valence electrons. The second-order valence-electron chi connectivity index (χ2n) is 9.29. The number of benzene rings is 2. The number of nitrogens with one attached hydrogen (secondary N) is 3. The monoisotopic (exact) mass is 528 g/mol. The third-order valence-corrected chi connectivity index (χ3v) is 5.86. The number of sulfonamides is 1. The number of nitrogens with zero attached hydrogens (tertiary/aromatic N) is 1. The minimum absolute atomic E-state index is 0.153. The standard InChI is InChI=1S/C25H28N4O7S/c1-25(2,3)19-14-18(29-11-10-21(30)27-23(29)31)12-16(22(19)36-4)7-6-15-8-9-17(28-37(5,34)35)13-20(15)26-24(32)33/h6-14,26,28H,1-5H3,(H,32,33)(H,27,30,31). The summed E-state index contributed by atoms with van der Waals surface area (Å²) >= 11 is 0. The van der Waals surface area contributed by atoms with Gasteiger partial charge in [0, 0.05) is 23.4 Å². The van der Waals surface area contributed by atoms with Gasteiger partial charge in [0.2, 0.25) is 10.0 Å². The summed E-state index contributed by atoms with van der Waals surface area (Å²) in [7, 11) is -2.04. The van der Waals surface area contributed by atoms with E-state index in [2.05, 4.69) is 15.0 Å². The fourth-order valence-corrected chi connectivity index (χ4v) is 4.24. The molecule has 12 heteroatoms. The number of rotatable bonds is 7. The lowest BCUT2D eigenvalue weighted by Crippen LogP contribution is -2.28. The zero-order chi connectivity index (χ0) is 27.5. The summed E-state index contributed by atoms with van der Waals surface area (Å²) in [6.07, 6.45) is 4.38. The largest absolute Gasteiger partial charge is 0.496 e. The molecule has 0 unspecified atom stereocenters. The van der Waals surface area contributed by atoms with Gasteiger partial charge in [-0.25, -0.2) is 18.0 Å². The third kappa shape index (κ3) is 6.88. The molecule has 0 radical (unpaired) electrons. The van der Waals surface area contributed by atoms with E-state index in [1.807, 2.05) is 20.8 Å². The van der Waals surface area contributed by atoms with Gasteiger partial charge in [-0.15, -0.1) is 0 Å². The van der Waals surface area contributed by atoms with E-state index in [0.717, 1.165) is 11.8 Å². The molecule has 11 nitrogen and oxygen atoms in total. The minimum atomic E-state index is -3.57. The van der Waals surface area contributed by atoms with Crippen LogP contribution in [0.3, 0.4) is 0 Å². The molecule has 0 aliphatic rings. The number of aromatic amines is 1. The van der Waals surface area contributed by atoms with E-state index in [0.29, 0.717) is 22.6 Å². The third-order valence-electron chi connectivity index (χ3n) is 5.26. The highest BCUT2D eigenvalue weighted by Gasteiger charge is 2.22. The number of methoxy groups -OCH3 is 1. The summed E-state index contributed by atoms with van der Waals surface area (Å²) < 4.78 is 32.5. The summed E-state index contributed by atoms with van der Waals surface area (Å²) in [6.45, 7) is 5.96. The number of hydrogen-bond donors (Lipinski definition) is 4. The lowest BCUT2D eigenvalue weighted by Gasteiger charge is -2.25. The number of H-pyrrole nitrogens is 1. The first-order valence-electron chi connectivity index (χ1n) is 11.0. The first-order chi connectivity index (χ1) is 17.2. The maximum atomic E-state index is 12.5. The van der Waals surface area contributed by atoms with Crippen molar-refractivity contribution in [2.45, 2.75) is 26.2 Å². The molecule has 0 bridgehead atoms. The Morgan fingerprint density at radius 2 is 1.76 bits per heavy atom. The minimum Gasteiger partial charge on any atom is -0.496 e. The topological polar surface area (TPSA) is 160 Å². The molecule has 1 aromatic heterocycles. The second-order valence-corrected chi connectivity index (χ2v) is 11.0. The van der Waals surface area contributed by atoms with Crippen molar-refractivity contribution < 1.29 is 23.1 Å². The first kappa shape index (κ1) is 27.3. The van der Waals surface area contributed by atoms with Crippen LogP contribution in [0, 0.1) is 0 Å². The Bertz CT molecular complexity index is 1600. The molecule has 2 aromatic carbocycles. The van der Waals surface area contributed by atoms with E-state index in [4.69, 9.17) is 4.74 Å². The summed E-state index contributed by atoms with van der Waals surface area (Å²) in [5.41, 5.74) is 1.16. The molecule has 3 rings (SSSR count). The van der Waals surface area contributed by atoms with Gasteiger partial charge in [-0.1, -0.05) is 39.0 Å². The van der Waals surface area contributed by atoms with Crippen molar-refractivity contribution in [3.63, 3.8) is 0 Å². The molecule has 0 aliphatic heterocycles. The zero-order valence-electron chi connectivity index (χ0n) is 20.9. The van der Waals surface area contributed by atoms with Gasteiger partial charge in [-0.3, -0.25) is 24.4 Å². The van der Waals surface area contributed by atoms with Gasteiger partial charge in [0.1, 0.15) is 5.75 Å². The molecule has 0 saturated carbocycles. The van der Waals surface area contributed by atoms with Crippen LogP contribution in [0.1, 0.15) is 37.5 Å². The van der Waals surface area contributed by atoms with Crippen molar-refractivity contribution in [2.75, 3.05) is 23.4 Å². The van der Waals surface area contributed by atoms with E-state index < -0.39 is 27.4 Å². The van der Waals surface area contributed by atoms with Crippen molar-refractivity contribution in [3.8, 4) is 11.4 Å². The summed E-state index contributed by atoms with van der Waals surface area (Å²) in [6, 6.07) is 9.18. The van der Waals surface area contributed by atoms with Gasteiger partial charge in [0.15, 0.2) is 0 Å². The molecule has 0 saturated heterocycles. The van der Waals surface area contributed by atoms with Crippen molar-refractivity contribution in [3.05, 3.63) is 80.1 Å². The van der Waals surface area contributed by atoms with E-state index in [-0.39, 0.29) is 16.8 Å². The summed E-state index contributed by atoms with van der Waals surface area (Å²) in [5.74, 6) is 0.549. The van der Waals surface area contributed by atoms with E-state index in [1.54, 1.807) is 30.4 Å². The van der Waals surface area contributed by atoms with E-state index >= 15 is 0 Å². The van der Waals surface area contributed by atoms with Crippen LogP contribution in [0.15, 0.2) is 52.2 Å². The predicted octanol–water partition coefficient (Wildman–Crippen LogP) is 3.46. The van der Waals surface area contributed by atoms with Crippen molar-refractivity contribution in [2.24, 2.45) is 0 Å². The smallest absolute Gasteiger partial charge is 0.409 e. The molecule has 37 heavy (non-hydrogen) atoms. The second kappa shape index (κ2) is 10.3. The average molecular weight is 529 g/mol. The number of carbonyl (C=O) groups is 1. The molecule has 0 aliphatic carbocycles. The van der Waals surface area contributed by atoms with E-state index in [1.165, 1.54) is 36.1 Å². The van der Waals surface area contributed by atoms with Crippen LogP contribution in [0.25, 0.3) is 17.8 Å². The average Bonchev–Trinajstić information content (AvgIpc) is 2.76. The maximum Gasteiger partial charge on any atom is 0.409 e. The molecular weight excluding hydrogens is 500 g/mol. The fourth-order valence-electron chi connectivity index (χ4n) is 3.69. The summed E-state index contributed by atoms with van der Waals surface area (Å²) in [5, 5.41) is 11.5. The summed E-state index contributed by atoms with van der Waals surface area (Å²) in [4.78, 5) is 37.6. The predicted molar refractivity (Wildman–Crippen MR) is 143 cm³/mol. The highest BCUT2D eigenvalue weighted by Crippen LogP contribution is 2.37. The van der Waals surface area contributed by atoms with Crippen LogP contribution in [-0.4, -0.2) is 42.5 Å². The molecule has 4 N–H and O–H groups in total. The van der Waals surface area contributed by atoms with Crippen LogP contribution in [-0.2, 0) is 15.4 Å². The number of carboxylic acid groups (broad SMARTS) is 1. The first-order valence-corrected chi connectivity index (χ1v) is 12.9. The quantitative estimate of drug-likeness (QED) is 0.342. The Morgan fingerprint density at radius 1 is 1.08 bits per heavy atom. The Morgan fingerprint density at radius 3 is 2.32 bits per heavy atom. The SMILES string of the molecule is COc1c(C=Cc2ccc(NS(C)(=O)=O)cc2NC(=O)O)cc(-n2ccc(=O)[nH]c2=O)cc1C(C)(C)C. The van der Waals surface area contributed by atoms with Crippen LogP contribution in [0.2, 0.25) is 0 Å². The Kier molecular flexibility index (Phi) is 7.63. The van der Waals surface area contributed by atoms with E-state index in [9.17, 15) is 27.9 Å². The van der Waals surface area contributed by atoms with Crippen molar-refractivity contribution >= 4 is 39.6 Å². The molecule has 3 aromatic rings. The highest BCUT2D eigenvalue weighted by molar-refractivity contribution is 7.92. The van der Waals surface area contributed by atoms with Gasteiger partial charge in [0.25, 0.3) is 5.56 Å². The normalized spacial score (nSPS) is 11.9. The number of anilines is 2. The highest BCUT2D eigenvalue weighted by atomic mass is 32.2. The Hall–Kier alpha value is -4.32. The lowest BCUT2D eigenvalue weighted by atomic mass is 9.84. The zero-order valence-corrected chi connectivity index (χ0v) is 21.8. The van der Waals surface area contributed by atoms with Gasteiger partial charge in [0.05, 0.1) is 30.4 Å². The Labute approximate surface area is 213 Å².